The lowest BCUT2D eigenvalue weighted by Crippen LogP contribution is -2.37. The minimum atomic E-state index is 0.189. The Kier molecular flexibility index (Phi) is 6.29. The summed E-state index contributed by atoms with van der Waals surface area (Å²) in [7, 11) is 3.58. The maximum Gasteiger partial charge on any atom is 0.226 e. The van der Waals surface area contributed by atoms with Gasteiger partial charge in [-0.05, 0) is 62.4 Å². The number of methoxy groups -OCH3 is 1. The highest BCUT2D eigenvalue weighted by atomic mass is 32.1. The van der Waals surface area contributed by atoms with Crippen LogP contribution < -0.4 is 9.47 Å². The van der Waals surface area contributed by atoms with Crippen LogP contribution in [0.15, 0.2) is 29.1 Å². The molecule has 4 rings (SSSR count). The monoisotopic (exact) mass is 429 g/mol. The summed E-state index contributed by atoms with van der Waals surface area (Å²) in [5, 5.41) is 2.01. The van der Waals surface area contributed by atoms with Gasteiger partial charge in [0, 0.05) is 24.9 Å². The zero-order chi connectivity index (χ0) is 21.1. The van der Waals surface area contributed by atoms with Gasteiger partial charge in [-0.1, -0.05) is 6.07 Å². The fourth-order valence-electron chi connectivity index (χ4n) is 4.65. The Morgan fingerprint density at radius 2 is 2.13 bits per heavy atom. The summed E-state index contributed by atoms with van der Waals surface area (Å²) in [4.78, 5) is 21.5. The van der Waals surface area contributed by atoms with Gasteiger partial charge in [-0.3, -0.25) is 9.69 Å². The number of carbonyl (C=O) groups is 1. The molecule has 1 aromatic carbocycles. The molecule has 1 saturated heterocycles. The van der Waals surface area contributed by atoms with Crippen LogP contribution in [-0.2, 0) is 17.9 Å². The van der Waals surface area contributed by atoms with E-state index in [2.05, 4.69) is 22.0 Å². The molecule has 0 radical (unpaired) electrons. The van der Waals surface area contributed by atoms with E-state index in [1.54, 1.807) is 18.4 Å². The maximum atomic E-state index is 12.9. The van der Waals surface area contributed by atoms with Crippen molar-refractivity contribution in [3.63, 3.8) is 0 Å². The van der Waals surface area contributed by atoms with Gasteiger partial charge in [0.2, 0.25) is 5.91 Å². The summed E-state index contributed by atoms with van der Waals surface area (Å²) in [5.74, 6) is 2.06. The van der Waals surface area contributed by atoms with Crippen LogP contribution in [0.5, 0.6) is 11.5 Å². The summed E-state index contributed by atoms with van der Waals surface area (Å²) < 4.78 is 11.1. The van der Waals surface area contributed by atoms with Gasteiger partial charge in [-0.2, -0.15) is 0 Å². The Morgan fingerprint density at radius 3 is 2.80 bits per heavy atom. The number of likely N-dealkylation sites (tertiary alicyclic amines) is 1. The first kappa shape index (κ1) is 21.1. The first-order chi connectivity index (χ1) is 14.5. The van der Waals surface area contributed by atoms with Gasteiger partial charge in [0.05, 0.1) is 31.5 Å². The topological polar surface area (TPSA) is 54.9 Å². The first-order valence-electron chi connectivity index (χ1n) is 10.7. The number of carbonyl (C=O) groups excluding carboxylic acids is 1. The normalized spacial score (nSPS) is 20.2. The number of nitrogens with zero attached hydrogens (tertiary/aromatic N) is 3. The maximum absolute atomic E-state index is 12.9. The number of ether oxygens (including phenoxy) is 2. The van der Waals surface area contributed by atoms with Crippen molar-refractivity contribution in [2.24, 2.45) is 11.3 Å². The molecule has 1 spiro atoms. The molecule has 1 aromatic heterocycles. The second kappa shape index (κ2) is 8.94. The number of hydrogen-bond donors (Lipinski definition) is 0. The molecular formula is C23H31N3O3S. The minimum absolute atomic E-state index is 0.189. The standard InChI is InChI=1S/C23H31N3O3S/c1-4-29-21-11-17(5-6-20(21)28-3)13-26-9-7-23(8-10-26)12-19(23)22(27)25(2)14-18-15-30-16-24-18/h5-6,11,15-16,19H,4,7-10,12-14H2,1-3H3. The molecule has 1 aliphatic carbocycles. The Hall–Kier alpha value is -2.12. The first-order valence-corrected chi connectivity index (χ1v) is 11.6. The highest BCUT2D eigenvalue weighted by Crippen LogP contribution is 2.60. The van der Waals surface area contributed by atoms with Crippen LogP contribution in [0, 0.1) is 11.3 Å². The number of benzene rings is 1. The van der Waals surface area contributed by atoms with Crippen LogP contribution in [0.2, 0.25) is 0 Å². The average molecular weight is 430 g/mol. The molecule has 7 heteroatoms. The predicted molar refractivity (Wildman–Crippen MR) is 118 cm³/mol. The molecule has 1 amide bonds. The average Bonchev–Trinajstić information content (AvgIpc) is 3.19. The van der Waals surface area contributed by atoms with Crippen LogP contribution in [0.25, 0.3) is 0 Å². The van der Waals surface area contributed by atoms with E-state index in [1.807, 2.05) is 35.8 Å². The van der Waals surface area contributed by atoms with Gasteiger partial charge in [0.1, 0.15) is 0 Å². The van der Waals surface area contributed by atoms with E-state index in [0.717, 1.165) is 56.1 Å². The van der Waals surface area contributed by atoms with E-state index in [1.165, 1.54) is 5.56 Å². The van der Waals surface area contributed by atoms with Crippen LogP contribution in [0.3, 0.4) is 0 Å². The van der Waals surface area contributed by atoms with Gasteiger partial charge in [-0.15, -0.1) is 11.3 Å². The minimum Gasteiger partial charge on any atom is -0.493 e. The number of amides is 1. The van der Waals surface area contributed by atoms with Gasteiger partial charge in [0.15, 0.2) is 11.5 Å². The van der Waals surface area contributed by atoms with Crippen molar-refractivity contribution in [2.45, 2.75) is 39.3 Å². The molecule has 2 fully saturated rings. The quantitative estimate of drug-likeness (QED) is 0.639. The van der Waals surface area contributed by atoms with Crippen LogP contribution in [0.1, 0.15) is 37.4 Å². The SMILES string of the molecule is CCOc1cc(CN2CCC3(CC2)CC3C(=O)N(C)Cc2cscn2)ccc1OC. The van der Waals surface area contributed by atoms with Gasteiger partial charge >= 0.3 is 0 Å². The Bertz CT molecular complexity index is 863. The van der Waals surface area contributed by atoms with Gasteiger partial charge < -0.3 is 14.4 Å². The highest BCUT2D eigenvalue weighted by Gasteiger charge is 2.58. The molecule has 0 N–H and O–H groups in total. The summed E-state index contributed by atoms with van der Waals surface area (Å²) in [6.45, 7) is 6.20. The molecular weight excluding hydrogens is 398 g/mol. The largest absolute Gasteiger partial charge is 0.493 e. The molecule has 0 bridgehead atoms. The lowest BCUT2D eigenvalue weighted by atomic mass is 9.90. The fourth-order valence-corrected chi connectivity index (χ4v) is 5.20. The molecule has 2 aliphatic rings. The third kappa shape index (κ3) is 4.47. The molecule has 6 nitrogen and oxygen atoms in total. The predicted octanol–water partition coefficient (Wildman–Crippen LogP) is 3.81. The van der Waals surface area contributed by atoms with E-state index < -0.39 is 0 Å². The fraction of sp³-hybridized carbons (Fsp3) is 0.565. The lowest BCUT2D eigenvalue weighted by Gasteiger charge is -2.33. The summed E-state index contributed by atoms with van der Waals surface area (Å²) >= 11 is 1.58. The zero-order valence-corrected chi connectivity index (χ0v) is 18.9. The number of hydrogen-bond acceptors (Lipinski definition) is 6. The van der Waals surface area contributed by atoms with E-state index >= 15 is 0 Å². The summed E-state index contributed by atoms with van der Waals surface area (Å²) in [5.41, 5.74) is 4.26. The molecule has 30 heavy (non-hydrogen) atoms. The number of rotatable bonds is 8. The van der Waals surface area contributed by atoms with E-state index in [-0.39, 0.29) is 17.2 Å². The van der Waals surface area contributed by atoms with E-state index in [9.17, 15) is 4.79 Å². The number of thiazole rings is 1. The second-order valence-electron chi connectivity index (χ2n) is 8.49. The molecule has 1 atom stereocenters. The Labute approximate surface area is 182 Å². The van der Waals surface area contributed by atoms with Gasteiger partial charge in [-0.25, -0.2) is 4.98 Å². The van der Waals surface area contributed by atoms with E-state index in [4.69, 9.17) is 9.47 Å². The Balaban J connectivity index is 1.29. The van der Waals surface area contributed by atoms with Crippen molar-refractivity contribution < 1.29 is 14.3 Å². The third-order valence-electron chi connectivity index (χ3n) is 6.53. The van der Waals surface area contributed by atoms with Crippen LogP contribution >= 0.6 is 11.3 Å². The molecule has 1 saturated carbocycles. The lowest BCUT2D eigenvalue weighted by molar-refractivity contribution is -0.133. The summed E-state index contributed by atoms with van der Waals surface area (Å²) in [6.07, 6.45) is 3.24. The smallest absolute Gasteiger partial charge is 0.226 e. The summed E-state index contributed by atoms with van der Waals surface area (Å²) in [6, 6.07) is 6.19. The van der Waals surface area contributed by atoms with Crippen molar-refractivity contribution in [1.82, 2.24) is 14.8 Å². The molecule has 1 unspecified atom stereocenters. The second-order valence-corrected chi connectivity index (χ2v) is 9.21. The van der Waals surface area contributed by atoms with Crippen molar-refractivity contribution in [3.05, 3.63) is 40.3 Å². The molecule has 1 aliphatic heterocycles. The van der Waals surface area contributed by atoms with Gasteiger partial charge in [0.25, 0.3) is 0 Å². The van der Waals surface area contributed by atoms with E-state index in [0.29, 0.717) is 13.2 Å². The molecule has 2 aromatic rings. The van der Waals surface area contributed by atoms with Crippen LogP contribution in [-0.4, -0.2) is 54.5 Å². The van der Waals surface area contributed by atoms with Crippen LogP contribution in [0.4, 0.5) is 0 Å². The van der Waals surface area contributed by atoms with Crippen molar-refractivity contribution >= 4 is 17.2 Å². The van der Waals surface area contributed by atoms with Crippen molar-refractivity contribution in [3.8, 4) is 11.5 Å². The third-order valence-corrected chi connectivity index (χ3v) is 7.17. The Morgan fingerprint density at radius 1 is 1.33 bits per heavy atom. The molecule has 2 heterocycles. The number of piperidine rings is 1. The zero-order valence-electron chi connectivity index (χ0n) is 18.1. The van der Waals surface area contributed by atoms with Crippen molar-refractivity contribution in [1.29, 1.82) is 0 Å². The van der Waals surface area contributed by atoms with Crippen molar-refractivity contribution in [2.75, 3.05) is 33.9 Å². The highest BCUT2D eigenvalue weighted by molar-refractivity contribution is 7.07. The number of aromatic nitrogens is 1. The molecule has 162 valence electrons.